The Balaban J connectivity index is 2.10. The molecule has 1 amide bonds. The molecule has 1 N–H and O–H groups in total. The van der Waals surface area contributed by atoms with E-state index in [-0.39, 0.29) is 12.5 Å². The minimum Gasteiger partial charge on any atom is -0.496 e. The summed E-state index contributed by atoms with van der Waals surface area (Å²) in [5.41, 5.74) is 1.61. The number of ether oxygens (including phenoxy) is 2. The number of methoxy groups -OCH3 is 2. The molecule has 2 rings (SSSR count). The van der Waals surface area contributed by atoms with Crippen molar-refractivity contribution in [1.82, 2.24) is 10.3 Å². The SMILES string of the molecule is COC(=O)c1cc(CNC(=O)c2ccncc2)ccc1OC. The molecule has 114 valence electrons. The van der Waals surface area contributed by atoms with Gasteiger partial charge in [0, 0.05) is 24.5 Å². The van der Waals surface area contributed by atoms with Crippen molar-refractivity contribution in [3.05, 3.63) is 59.4 Å². The number of aromatic nitrogens is 1. The van der Waals surface area contributed by atoms with Crippen LogP contribution in [0.5, 0.6) is 5.75 Å². The fourth-order valence-corrected chi connectivity index (χ4v) is 1.92. The first kappa shape index (κ1) is 15.5. The van der Waals surface area contributed by atoms with Gasteiger partial charge in [-0.3, -0.25) is 9.78 Å². The fourth-order valence-electron chi connectivity index (χ4n) is 1.92. The molecule has 0 spiro atoms. The molecule has 0 bridgehead atoms. The Morgan fingerprint density at radius 1 is 1.14 bits per heavy atom. The van der Waals surface area contributed by atoms with Gasteiger partial charge >= 0.3 is 5.97 Å². The van der Waals surface area contributed by atoms with E-state index in [0.29, 0.717) is 16.9 Å². The summed E-state index contributed by atoms with van der Waals surface area (Å²) in [5.74, 6) is -0.270. The zero-order valence-corrected chi connectivity index (χ0v) is 12.3. The Morgan fingerprint density at radius 3 is 2.50 bits per heavy atom. The maximum absolute atomic E-state index is 12.0. The minimum atomic E-state index is -0.487. The molecule has 1 aromatic carbocycles. The van der Waals surface area contributed by atoms with Gasteiger partial charge in [0.25, 0.3) is 5.91 Å². The van der Waals surface area contributed by atoms with E-state index in [1.54, 1.807) is 42.7 Å². The van der Waals surface area contributed by atoms with Crippen molar-refractivity contribution >= 4 is 11.9 Å². The average Bonchev–Trinajstić information content (AvgIpc) is 2.59. The van der Waals surface area contributed by atoms with E-state index in [1.807, 2.05) is 0 Å². The largest absolute Gasteiger partial charge is 0.496 e. The first-order chi connectivity index (χ1) is 10.7. The Kier molecular flexibility index (Phi) is 5.08. The Hall–Kier alpha value is -2.89. The third kappa shape index (κ3) is 3.60. The van der Waals surface area contributed by atoms with Gasteiger partial charge in [-0.2, -0.15) is 0 Å². The second-order valence-electron chi connectivity index (χ2n) is 4.44. The molecule has 0 aliphatic heterocycles. The van der Waals surface area contributed by atoms with E-state index in [2.05, 4.69) is 10.3 Å². The van der Waals surface area contributed by atoms with Crippen LogP contribution >= 0.6 is 0 Å². The van der Waals surface area contributed by atoms with E-state index in [4.69, 9.17) is 9.47 Å². The predicted octanol–water partition coefficient (Wildman–Crippen LogP) is 1.81. The number of benzene rings is 1. The van der Waals surface area contributed by atoms with Crippen molar-refractivity contribution in [2.45, 2.75) is 6.54 Å². The molecule has 2 aromatic rings. The maximum atomic E-state index is 12.0. The summed E-state index contributed by atoms with van der Waals surface area (Å²) in [6.07, 6.45) is 3.11. The van der Waals surface area contributed by atoms with Gasteiger partial charge in [0.1, 0.15) is 11.3 Å². The van der Waals surface area contributed by atoms with E-state index >= 15 is 0 Å². The number of amides is 1. The molecule has 22 heavy (non-hydrogen) atoms. The van der Waals surface area contributed by atoms with Crippen LogP contribution in [0, 0.1) is 0 Å². The molecule has 0 radical (unpaired) electrons. The van der Waals surface area contributed by atoms with Crippen LogP contribution in [0.15, 0.2) is 42.7 Å². The van der Waals surface area contributed by atoms with Crippen LogP contribution in [0.2, 0.25) is 0 Å². The third-order valence-corrected chi connectivity index (χ3v) is 3.06. The van der Waals surface area contributed by atoms with E-state index in [1.165, 1.54) is 14.2 Å². The third-order valence-electron chi connectivity index (χ3n) is 3.06. The van der Waals surface area contributed by atoms with Crippen LogP contribution in [0.25, 0.3) is 0 Å². The van der Waals surface area contributed by atoms with Gasteiger partial charge in [0.05, 0.1) is 14.2 Å². The lowest BCUT2D eigenvalue weighted by Gasteiger charge is -2.10. The molecule has 1 heterocycles. The van der Waals surface area contributed by atoms with Gasteiger partial charge in [-0.15, -0.1) is 0 Å². The van der Waals surface area contributed by atoms with Gasteiger partial charge < -0.3 is 14.8 Å². The number of pyridine rings is 1. The van der Waals surface area contributed by atoms with Crippen molar-refractivity contribution in [2.75, 3.05) is 14.2 Å². The second kappa shape index (κ2) is 7.21. The summed E-state index contributed by atoms with van der Waals surface area (Å²) < 4.78 is 9.84. The second-order valence-corrected chi connectivity index (χ2v) is 4.44. The molecule has 0 fully saturated rings. The molecule has 0 aliphatic rings. The lowest BCUT2D eigenvalue weighted by atomic mass is 10.1. The summed E-state index contributed by atoms with van der Waals surface area (Å²) in [4.78, 5) is 27.5. The zero-order valence-electron chi connectivity index (χ0n) is 12.3. The first-order valence-electron chi connectivity index (χ1n) is 6.59. The first-order valence-corrected chi connectivity index (χ1v) is 6.59. The number of nitrogens with zero attached hydrogens (tertiary/aromatic N) is 1. The van der Waals surface area contributed by atoms with Gasteiger partial charge in [0.15, 0.2) is 0 Å². The topological polar surface area (TPSA) is 77.5 Å². The predicted molar refractivity (Wildman–Crippen MR) is 79.7 cm³/mol. The van der Waals surface area contributed by atoms with E-state index in [0.717, 1.165) is 5.56 Å². The summed E-state index contributed by atoms with van der Waals surface area (Å²) >= 11 is 0. The Labute approximate surface area is 128 Å². The van der Waals surface area contributed by atoms with Crippen LogP contribution in [0.3, 0.4) is 0 Å². The smallest absolute Gasteiger partial charge is 0.341 e. The van der Waals surface area contributed by atoms with Gasteiger partial charge in [-0.25, -0.2) is 4.79 Å². The molecule has 1 aromatic heterocycles. The van der Waals surface area contributed by atoms with Crippen molar-refractivity contribution in [1.29, 1.82) is 0 Å². The number of carbonyl (C=O) groups excluding carboxylic acids is 2. The van der Waals surface area contributed by atoms with Crippen LogP contribution in [0.1, 0.15) is 26.3 Å². The highest BCUT2D eigenvalue weighted by Crippen LogP contribution is 2.20. The molecular weight excluding hydrogens is 284 g/mol. The van der Waals surface area contributed by atoms with Crippen molar-refractivity contribution in [3.63, 3.8) is 0 Å². The Bertz CT molecular complexity index is 671. The highest BCUT2D eigenvalue weighted by atomic mass is 16.5. The van der Waals surface area contributed by atoms with Gasteiger partial charge in [0.2, 0.25) is 0 Å². The van der Waals surface area contributed by atoms with Crippen LogP contribution in [0.4, 0.5) is 0 Å². The van der Waals surface area contributed by atoms with E-state index < -0.39 is 5.97 Å². The number of hydrogen-bond donors (Lipinski definition) is 1. The van der Waals surface area contributed by atoms with Crippen molar-refractivity contribution < 1.29 is 19.1 Å². The van der Waals surface area contributed by atoms with E-state index in [9.17, 15) is 9.59 Å². The highest BCUT2D eigenvalue weighted by Gasteiger charge is 2.14. The highest BCUT2D eigenvalue weighted by molar-refractivity contribution is 5.94. The van der Waals surface area contributed by atoms with Crippen molar-refractivity contribution in [2.24, 2.45) is 0 Å². The van der Waals surface area contributed by atoms with Gasteiger partial charge in [-0.1, -0.05) is 6.07 Å². The monoisotopic (exact) mass is 300 g/mol. The minimum absolute atomic E-state index is 0.210. The summed E-state index contributed by atoms with van der Waals surface area (Å²) in [6, 6.07) is 8.34. The normalized spacial score (nSPS) is 9.91. The molecule has 6 nitrogen and oxygen atoms in total. The molecule has 0 aliphatic carbocycles. The molecular formula is C16H16N2O4. The zero-order chi connectivity index (χ0) is 15.9. The summed E-state index contributed by atoms with van der Waals surface area (Å²) in [6.45, 7) is 0.287. The standard InChI is InChI=1S/C16H16N2O4/c1-21-14-4-3-11(9-13(14)16(20)22-2)10-18-15(19)12-5-7-17-8-6-12/h3-9H,10H2,1-2H3,(H,18,19). The van der Waals surface area contributed by atoms with Crippen LogP contribution in [-0.4, -0.2) is 31.1 Å². The quantitative estimate of drug-likeness (QED) is 0.852. The number of rotatable bonds is 5. The van der Waals surface area contributed by atoms with Gasteiger partial charge in [-0.05, 0) is 29.8 Å². The lowest BCUT2D eigenvalue weighted by molar-refractivity contribution is 0.0597. The molecule has 0 atom stereocenters. The molecule has 0 unspecified atom stereocenters. The maximum Gasteiger partial charge on any atom is 0.341 e. The number of hydrogen-bond acceptors (Lipinski definition) is 5. The average molecular weight is 300 g/mol. The number of esters is 1. The lowest BCUT2D eigenvalue weighted by Crippen LogP contribution is -2.23. The molecule has 6 heteroatoms. The van der Waals surface area contributed by atoms with Crippen LogP contribution < -0.4 is 10.1 Å². The molecule has 0 saturated heterocycles. The molecule has 0 saturated carbocycles. The Morgan fingerprint density at radius 2 is 1.86 bits per heavy atom. The summed E-state index contributed by atoms with van der Waals surface area (Å²) in [7, 11) is 2.78. The summed E-state index contributed by atoms with van der Waals surface area (Å²) in [5, 5.41) is 2.78. The fraction of sp³-hybridized carbons (Fsp3) is 0.188. The number of carbonyl (C=O) groups is 2. The van der Waals surface area contributed by atoms with Crippen molar-refractivity contribution in [3.8, 4) is 5.75 Å². The number of nitrogens with one attached hydrogen (secondary N) is 1. The van der Waals surface area contributed by atoms with Crippen LogP contribution in [-0.2, 0) is 11.3 Å².